The Morgan fingerprint density at radius 2 is 1.61 bits per heavy atom. The summed E-state index contributed by atoms with van der Waals surface area (Å²) >= 11 is 9.15. The highest BCUT2D eigenvalue weighted by Crippen LogP contribution is 2.25. The fourth-order valence-corrected chi connectivity index (χ4v) is 5.64. The van der Waals surface area contributed by atoms with Crippen LogP contribution in [0.5, 0.6) is 0 Å². The lowest BCUT2D eigenvalue weighted by atomic mass is 10.1. The van der Waals surface area contributed by atoms with E-state index < -0.39 is 23.2 Å². The summed E-state index contributed by atoms with van der Waals surface area (Å²) < 4.78 is 15.0. The van der Waals surface area contributed by atoms with Crippen LogP contribution in [0.2, 0.25) is 0 Å². The van der Waals surface area contributed by atoms with Crippen molar-refractivity contribution in [3.05, 3.63) is 84.5 Å². The molecule has 0 amide bonds. The van der Waals surface area contributed by atoms with Crippen molar-refractivity contribution < 1.29 is 19.1 Å². The summed E-state index contributed by atoms with van der Waals surface area (Å²) in [6.07, 6.45) is 0. The normalized spacial score (nSPS) is 13.2. The van der Waals surface area contributed by atoms with Gasteiger partial charge < -0.3 is 24.6 Å². The number of thiocarbonyl (C=S) groups is 1. The van der Waals surface area contributed by atoms with Crippen LogP contribution in [0.3, 0.4) is 0 Å². The number of carbonyl (C=O) groups is 2. The third-order valence-electron chi connectivity index (χ3n) is 7.52. The Labute approximate surface area is 265 Å². The number of benzene rings is 2. The molecule has 2 aromatic heterocycles. The first-order valence-electron chi connectivity index (χ1n) is 13.6. The largest absolute Gasteiger partial charge is 0.465 e. The van der Waals surface area contributed by atoms with Crippen molar-refractivity contribution in [1.82, 2.24) is 23.6 Å². The highest BCUT2D eigenvalue weighted by molar-refractivity contribution is 9.10. The molecular formula is C29H30BrN7O6S. The van der Waals surface area contributed by atoms with Gasteiger partial charge >= 0.3 is 17.6 Å². The first kappa shape index (κ1) is 30.9. The zero-order valence-corrected chi connectivity index (χ0v) is 26.9. The smallest absolute Gasteiger partial charge is 0.339 e. The number of esters is 2. The van der Waals surface area contributed by atoms with Crippen LogP contribution in [-0.4, -0.2) is 81.0 Å². The second kappa shape index (κ2) is 12.6. The zero-order chi connectivity index (χ0) is 31.7. The number of ether oxygens (including phenoxy) is 2. The fraction of sp³-hybridized carbons (Fsp3) is 0.310. The van der Waals surface area contributed by atoms with E-state index >= 15 is 0 Å². The summed E-state index contributed by atoms with van der Waals surface area (Å²) in [6, 6.07) is 12.2. The Morgan fingerprint density at radius 1 is 0.955 bits per heavy atom. The lowest BCUT2D eigenvalue weighted by molar-refractivity contribution is 0.0587. The van der Waals surface area contributed by atoms with E-state index in [2.05, 4.69) is 26.1 Å². The van der Waals surface area contributed by atoms with Crippen molar-refractivity contribution >= 4 is 68.0 Å². The zero-order valence-electron chi connectivity index (χ0n) is 24.5. The summed E-state index contributed by atoms with van der Waals surface area (Å²) in [5.41, 5.74) is 1.53. The number of hydrogen-bond donors (Lipinski definition) is 1. The lowest BCUT2D eigenvalue weighted by Gasteiger charge is -2.37. The van der Waals surface area contributed by atoms with Crippen LogP contribution in [0.15, 0.2) is 56.5 Å². The number of fused-ring (bicyclic) bond motifs is 1. The minimum absolute atomic E-state index is 0.218. The SMILES string of the molecule is COC(=O)c1ccc(C(=O)OC)c(NC(=S)N2CCN(c3nc4c(c(=O)n(C)c(=O)n4C)n3Cc3ccc(Br)cc3)CC2)c1. The van der Waals surface area contributed by atoms with Gasteiger partial charge in [0.1, 0.15) is 0 Å². The van der Waals surface area contributed by atoms with Crippen LogP contribution in [0.4, 0.5) is 11.6 Å². The molecule has 0 unspecified atom stereocenters. The van der Waals surface area contributed by atoms with E-state index in [1.807, 2.05) is 33.7 Å². The average molecular weight is 685 g/mol. The molecule has 3 heterocycles. The molecular weight excluding hydrogens is 654 g/mol. The second-order valence-corrected chi connectivity index (χ2v) is 11.5. The highest BCUT2D eigenvalue weighted by atomic mass is 79.9. The fourth-order valence-electron chi connectivity index (χ4n) is 5.08. The molecule has 15 heteroatoms. The van der Waals surface area contributed by atoms with Crippen LogP contribution in [-0.2, 0) is 30.1 Å². The van der Waals surface area contributed by atoms with Gasteiger partial charge in [0.05, 0.1) is 37.6 Å². The van der Waals surface area contributed by atoms with Crippen molar-refractivity contribution in [2.45, 2.75) is 6.54 Å². The summed E-state index contributed by atoms with van der Waals surface area (Å²) in [5, 5.41) is 3.45. The van der Waals surface area contributed by atoms with Crippen LogP contribution < -0.4 is 21.5 Å². The van der Waals surface area contributed by atoms with Gasteiger partial charge in [-0.15, -0.1) is 0 Å². The molecule has 1 aliphatic heterocycles. The number of aromatic nitrogens is 4. The number of piperazine rings is 1. The topological polar surface area (TPSA) is 133 Å². The molecule has 0 spiro atoms. The van der Waals surface area contributed by atoms with Crippen molar-refractivity contribution in [1.29, 1.82) is 0 Å². The molecule has 0 aliphatic carbocycles. The van der Waals surface area contributed by atoms with Gasteiger partial charge in [0.15, 0.2) is 16.3 Å². The quantitative estimate of drug-likeness (QED) is 0.237. The lowest BCUT2D eigenvalue weighted by Crippen LogP contribution is -2.50. The van der Waals surface area contributed by atoms with E-state index in [-0.39, 0.29) is 11.1 Å². The van der Waals surface area contributed by atoms with Crippen molar-refractivity contribution in [3.63, 3.8) is 0 Å². The molecule has 230 valence electrons. The average Bonchev–Trinajstić information content (AvgIpc) is 3.42. The molecule has 2 aromatic carbocycles. The third kappa shape index (κ3) is 5.84. The molecule has 1 fully saturated rings. The van der Waals surface area contributed by atoms with Crippen LogP contribution >= 0.6 is 28.1 Å². The molecule has 0 saturated carbocycles. The molecule has 1 saturated heterocycles. The predicted molar refractivity (Wildman–Crippen MR) is 173 cm³/mol. The Balaban J connectivity index is 1.42. The van der Waals surface area contributed by atoms with E-state index in [1.54, 1.807) is 7.05 Å². The standard InChI is InChI=1S/C29H30BrN7O6S/c1-33-23-22(24(38)34(2)29(33)41)37(16-17-5-8-19(30)9-6-17)27(32-23)35-11-13-36(14-12-35)28(44)31-21-15-18(25(39)42-3)7-10-20(21)26(40)43-4/h5-10,15H,11-14,16H2,1-4H3,(H,31,44). The predicted octanol–water partition coefficient (Wildman–Crippen LogP) is 2.34. The van der Waals surface area contributed by atoms with Gasteiger partial charge in [-0.2, -0.15) is 4.98 Å². The molecule has 4 aromatic rings. The summed E-state index contributed by atoms with van der Waals surface area (Å²) in [5.74, 6) is -0.567. The molecule has 13 nitrogen and oxygen atoms in total. The highest BCUT2D eigenvalue weighted by Gasteiger charge is 2.27. The number of halogens is 1. The summed E-state index contributed by atoms with van der Waals surface area (Å²) in [6.45, 7) is 2.38. The maximum absolute atomic E-state index is 13.3. The Kier molecular flexibility index (Phi) is 8.87. The van der Waals surface area contributed by atoms with Gasteiger partial charge in [0.25, 0.3) is 5.56 Å². The van der Waals surface area contributed by atoms with E-state index in [4.69, 9.17) is 26.7 Å². The Bertz CT molecular complexity index is 1890. The van der Waals surface area contributed by atoms with E-state index in [0.717, 1.165) is 14.6 Å². The molecule has 1 aliphatic rings. The van der Waals surface area contributed by atoms with Gasteiger partial charge in [-0.05, 0) is 48.1 Å². The van der Waals surface area contributed by atoms with Gasteiger partial charge in [0, 0.05) is 44.7 Å². The van der Waals surface area contributed by atoms with Crippen molar-refractivity contribution in [2.24, 2.45) is 14.1 Å². The number of carbonyl (C=O) groups excluding carboxylic acids is 2. The van der Waals surface area contributed by atoms with E-state index in [0.29, 0.717) is 60.6 Å². The maximum Gasteiger partial charge on any atom is 0.339 e. The summed E-state index contributed by atoms with van der Waals surface area (Å²) in [7, 11) is 5.61. The molecule has 0 atom stereocenters. The van der Waals surface area contributed by atoms with Gasteiger partial charge in [-0.1, -0.05) is 28.1 Å². The van der Waals surface area contributed by atoms with Gasteiger partial charge in [0.2, 0.25) is 5.95 Å². The molecule has 44 heavy (non-hydrogen) atoms. The number of rotatable bonds is 6. The number of imidazole rings is 1. The summed E-state index contributed by atoms with van der Waals surface area (Å²) in [4.78, 5) is 59.3. The number of anilines is 2. The number of nitrogens with zero attached hydrogens (tertiary/aromatic N) is 6. The van der Waals surface area contributed by atoms with E-state index in [9.17, 15) is 19.2 Å². The minimum Gasteiger partial charge on any atom is -0.465 e. The van der Waals surface area contributed by atoms with E-state index in [1.165, 1.54) is 44.0 Å². The molecule has 1 N–H and O–H groups in total. The van der Waals surface area contributed by atoms with Crippen LogP contribution in [0.25, 0.3) is 11.2 Å². The van der Waals surface area contributed by atoms with Gasteiger partial charge in [-0.25, -0.2) is 14.4 Å². The van der Waals surface area contributed by atoms with Crippen molar-refractivity contribution in [2.75, 3.05) is 50.6 Å². The number of hydrogen-bond acceptors (Lipinski definition) is 9. The third-order valence-corrected chi connectivity index (χ3v) is 8.41. The minimum atomic E-state index is -0.582. The molecule has 0 radical (unpaired) electrons. The number of methoxy groups -OCH3 is 2. The first-order valence-corrected chi connectivity index (χ1v) is 14.8. The number of nitrogens with one attached hydrogen (secondary N) is 1. The Hall–Kier alpha value is -4.50. The first-order chi connectivity index (χ1) is 21.0. The van der Waals surface area contributed by atoms with Crippen molar-refractivity contribution in [3.8, 4) is 0 Å². The Morgan fingerprint density at radius 3 is 2.25 bits per heavy atom. The monoisotopic (exact) mass is 683 g/mol. The van der Waals surface area contributed by atoms with Crippen LogP contribution in [0.1, 0.15) is 26.3 Å². The molecule has 5 rings (SSSR count). The van der Waals surface area contributed by atoms with Gasteiger partial charge in [-0.3, -0.25) is 18.5 Å². The number of aryl methyl sites for hydroxylation is 1. The second-order valence-electron chi connectivity index (χ2n) is 10.2. The van der Waals surface area contributed by atoms with Crippen LogP contribution in [0, 0.1) is 0 Å². The molecule has 0 bridgehead atoms. The maximum atomic E-state index is 13.3.